The molecular formula is C17H19BrN2. The van der Waals surface area contributed by atoms with Crippen LogP contribution < -0.4 is 11.1 Å². The zero-order valence-corrected chi connectivity index (χ0v) is 13.1. The van der Waals surface area contributed by atoms with Crippen LogP contribution in [-0.2, 0) is 0 Å². The molecule has 0 heterocycles. The molecule has 0 spiro atoms. The van der Waals surface area contributed by atoms with E-state index in [1.165, 1.54) is 16.7 Å². The maximum atomic E-state index is 6.23. The summed E-state index contributed by atoms with van der Waals surface area (Å²) in [6.07, 6.45) is 0.966. The van der Waals surface area contributed by atoms with Crippen molar-refractivity contribution >= 4 is 15.9 Å². The van der Waals surface area contributed by atoms with Gasteiger partial charge in [0, 0.05) is 22.6 Å². The van der Waals surface area contributed by atoms with E-state index in [9.17, 15) is 0 Å². The first-order chi connectivity index (χ1) is 9.66. The van der Waals surface area contributed by atoms with Gasteiger partial charge in [0.2, 0.25) is 0 Å². The van der Waals surface area contributed by atoms with Crippen LogP contribution in [0, 0.1) is 0 Å². The van der Waals surface area contributed by atoms with Crippen LogP contribution in [0.25, 0.3) is 0 Å². The Hall–Kier alpha value is -1.16. The summed E-state index contributed by atoms with van der Waals surface area (Å²) in [7, 11) is 0. The van der Waals surface area contributed by atoms with Gasteiger partial charge < -0.3 is 11.1 Å². The van der Waals surface area contributed by atoms with Crippen molar-refractivity contribution < 1.29 is 0 Å². The van der Waals surface area contributed by atoms with Gasteiger partial charge in [-0.15, -0.1) is 0 Å². The van der Waals surface area contributed by atoms with Crippen LogP contribution in [0.1, 0.15) is 48.2 Å². The normalized spacial score (nSPS) is 22.6. The molecule has 0 saturated carbocycles. The average Bonchev–Trinajstić information content (AvgIpc) is 2.76. The van der Waals surface area contributed by atoms with E-state index in [2.05, 4.69) is 70.6 Å². The summed E-state index contributed by atoms with van der Waals surface area (Å²) < 4.78 is 1.15. The van der Waals surface area contributed by atoms with Crippen LogP contribution in [0.5, 0.6) is 0 Å². The largest absolute Gasteiger partial charge is 0.324 e. The lowest BCUT2D eigenvalue weighted by Gasteiger charge is -2.21. The number of halogens is 1. The van der Waals surface area contributed by atoms with Crippen molar-refractivity contribution in [2.75, 3.05) is 0 Å². The molecule has 20 heavy (non-hydrogen) atoms. The van der Waals surface area contributed by atoms with Gasteiger partial charge in [-0.1, -0.05) is 58.4 Å². The van der Waals surface area contributed by atoms with Crippen molar-refractivity contribution in [3.05, 3.63) is 69.7 Å². The number of hydrogen-bond acceptors (Lipinski definition) is 2. The van der Waals surface area contributed by atoms with Crippen molar-refractivity contribution in [3.8, 4) is 0 Å². The summed E-state index contributed by atoms with van der Waals surface area (Å²) in [6.45, 7) is 2.20. The maximum absolute atomic E-state index is 6.23. The fourth-order valence-electron chi connectivity index (χ4n) is 3.05. The fraction of sp³-hybridized carbons (Fsp3) is 0.294. The molecule has 2 unspecified atom stereocenters. The summed E-state index contributed by atoms with van der Waals surface area (Å²) in [5.41, 5.74) is 10.1. The van der Waals surface area contributed by atoms with Crippen LogP contribution in [0.2, 0.25) is 0 Å². The Labute approximate surface area is 128 Å². The Bertz CT molecular complexity index is 611. The van der Waals surface area contributed by atoms with Gasteiger partial charge in [-0.2, -0.15) is 0 Å². The number of benzene rings is 2. The lowest BCUT2D eigenvalue weighted by molar-refractivity contribution is 0.445. The molecule has 2 aromatic carbocycles. The number of nitrogens with two attached hydrogens (primary N) is 1. The molecule has 3 heteroatoms. The predicted molar refractivity (Wildman–Crippen MR) is 86.4 cm³/mol. The summed E-state index contributed by atoms with van der Waals surface area (Å²) >= 11 is 3.63. The molecule has 0 fully saturated rings. The first kappa shape index (κ1) is 13.8. The van der Waals surface area contributed by atoms with E-state index in [1.807, 2.05) is 6.07 Å². The van der Waals surface area contributed by atoms with E-state index in [0.717, 1.165) is 10.9 Å². The lowest BCUT2D eigenvalue weighted by atomic mass is 10.0. The summed E-state index contributed by atoms with van der Waals surface area (Å²) in [5.74, 6) is 0. The predicted octanol–water partition coefficient (Wildman–Crippen LogP) is 4.24. The van der Waals surface area contributed by atoms with Gasteiger partial charge in [0.15, 0.2) is 0 Å². The zero-order chi connectivity index (χ0) is 14.1. The molecule has 0 bridgehead atoms. The first-order valence-corrected chi connectivity index (χ1v) is 7.81. The smallest absolute Gasteiger partial charge is 0.0347 e. The van der Waals surface area contributed by atoms with Crippen LogP contribution in [0.3, 0.4) is 0 Å². The number of nitrogens with one attached hydrogen (secondary N) is 1. The molecule has 0 radical (unpaired) electrons. The molecule has 0 aliphatic heterocycles. The minimum atomic E-state index is 0.148. The second-order valence-corrected chi connectivity index (χ2v) is 6.29. The van der Waals surface area contributed by atoms with Crippen molar-refractivity contribution in [1.82, 2.24) is 5.32 Å². The summed E-state index contributed by atoms with van der Waals surface area (Å²) in [5, 5.41) is 3.71. The molecule has 3 N–H and O–H groups in total. The quantitative estimate of drug-likeness (QED) is 0.883. The minimum Gasteiger partial charge on any atom is -0.324 e. The van der Waals surface area contributed by atoms with E-state index in [1.54, 1.807) is 0 Å². The van der Waals surface area contributed by atoms with Gasteiger partial charge >= 0.3 is 0 Å². The van der Waals surface area contributed by atoms with Gasteiger partial charge in [0.25, 0.3) is 0 Å². The van der Waals surface area contributed by atoms with Crippen LogP contribution in [0.4, 0.5) is 0 Å². The Morgan fingerprint density at radius 1 is 1.10 bits per heavy atom. The molecular weight excluding hydrogens is 312 g/mol. The maximum Gasteiger partial charge on any atom is 0.0347 e. The van der Waals surface area contributed by atoms with Crippen LogP contribution in [0.15, 0.2) is 53.0 Å². The third kappa shape index (κ3) is 2.53. The third-order valence-electron chi connectivity index (χ3n) is 4.08. The van der Waals surface area contributed by atoms with Gasteiger partial charge in [-0.25, -0.2) is 0 Å². The van der Waals surface area contributed by atoms with Crippen molar-refractivity contribution in [3.63, 3.8) is 0 Å². The van der Waals surface area contributed by atoms with Crippen LogP contribution in [-0.4, -0.2) is 0 Å². The topological polar surface area (TPSA) is 38.0 Å². The second-order valence-electron chi connectivity index (χ2n) is 5.43. The Morgan fingerprint density at radius 2 is 1.75 bits per heavy atom. The Balaban J connectivity index is 1.81. The summed E-state index contributed by atoms with van der Waals surface area (Å²) in [6, 6.07) is 17.6. The van der Waals surface area contributed by atoms with E-state index in [4.69, 9.17) is 5.73 Å². The molecule has 0 saturated heterocycles. The third-order valence-corrected chi connectivity index (χ3v) is 4.81. The fourth-order valence-corrected chi connectivity index (χ4v) is 3.68. The van der Waals surface area contributed by atoms with Crippen molar-refractivity contribution in [1.29, 1.82) is 0 Å². The molecule has 104 valence electrons. The summed E-state index contributed by atoms with van der Waals surface area (Å²) in [4.78, 5) is 0. The standard InChI is InChI=1S/C17H19BrN2/c1-11(12-6-4-5-9-15(12)18)20-17-10-16(19)13-7-2-3-8-14(13)17/h2-9,11,16-17,20H,10,19H2,1H3/t11-,16?,17?/m0/s1. The first-order valence-electron chi connectivity index (χ1n) is 7.01. The molecule has 3 atom stereocenters. The average molecular weight is 331 g/mol. The van der Waals surface area contributed by atoms with Gasteiger partial charge in [-0.05, 0) is 36.1 Å². The Morgan fingerprint density at radius 3 is 2.50 bits per heavy atom. The highest BCUT2D eigenvalue weighted by Crippen LogP contribution is 2.38. The molecule has 1 aliphatic rings. The Kier molecular flexibility index (Phi) is 3.92. The number of fused-ring (bicyclic) bond motifs is 1. The lowest BCUT2D eigenvalue weighted by Crippen LogP contribution is -2.23. The van der Waals surface area contributed by atoms with Gasteiger partial charge in [0.1, 0.15) is 0 Å². The second kappa shape index (κ2) is 5.68. The van der Waals surface area contributed by atoms with E-state index in [-0.39, 0.29) is 12.1 Å². The molecule has 0 amide bonds. The highest BCUT2D eigenvalue weighted by atomic mass is 79.9. The van der Waals surface area contributed by atoms with E-state index < -0.39 is 0 Å². The van der Waals surface area contributed by atoms with Crippen LogP contribution >= 0.6 is 15.9 Å². The molecule has 1 aliphatic carbocycles. The zero-order valence-electron chi connectivity index (χ0n) is 11.5. The highest BCUT2D eigenvalue weighted by Gasteiger charge is 2.29. The van der Waals surface area contributed by atoms with Crippen molar-refractivity contribution in [2.24, 2.45) is 5.73 Å². The highest BCUT2D eigenvalue weighted by molar-refractivity contribution is 9.10. The minimum absolute atomic E-state index is 0.148. The van der Waals surface area contributed by atoms with Crippen molar-refractivity contribution in [2.45, 2.75) is 31.5 Å². The van der Waals surface area contributed by atoms with E-state index >= 15 is 0 Å². The van der Waals surface area contributed by atoms with E-state index in [0.29, 0.717) is 6.04 Å². The molecule has 3 rings (SSSR count). The van der Waals surface area contributed by atoms with Gasteiger partial charge in [0.05, 0.1) is 0 Å². The number of hydrogen-bond donors (Lipinski definition) is 2. The van der Waals surface area contributed by atoms with Gasteiger partial charge in [-0.3, -0.25) is 0 Å². The number of rotatable bonds is 3. The molecule has 2 aromatic rings. The molecule has 2 nitrogen and oxygen atoms in total. The monoisotopic (exact) mass is 330 g/mol. The molecule has 0 aromatic heterocycles. The SMILES string of the molecule is C[C@H](NC1CC(N)c2ccccc21)c1ccccc1Br.